The summed E-state index contributed by atoms with van der Waals surface area (Å²) in [5, 5.41) is 1.14. The van der Waals surface area contributed by atoms with Gasteiger partial charge in [0.15, 0.2) is 10.9 Å². The summed E-state index contributed by atoms with van der Waals surface area (Å²) in [5.74, 6) is -0.297. The molecular formula is C27H22N2O5. The first-order valence-corrected chi connectivity index (χ1v) is 10.9. The molecule has 0 aliphatic carbocycles. The van der Waals surface area contributed by atoms with Gasteiger partial charge in [0.05, 0.1) is 22.1 Å². The molecule has 0 saturated heterocycles. The van der Waals surface area contributed by atoms with Crippen LogP contribution in [-0.4, -0.2) is 26.7 Å². The average molecular weight is 454 g/mol. The SMILES string of the molecule is CC(=O)n1c2ccccc2c(=O)c2cc3c(cc21)c(=O)c1ccccc1n3C(=O)OC(C)(C)C. The highest BCUT2D eigenvalue weighted by Crippen LogP contribution is 2.27. The molecule has 0 amide bonds. The van der Waals surface area contributed by atoms with E-state index < -0.39 is 11.7 Å². The molecule has 3 aromatic carbocycles. The van der Waals surface area contributed by atoms with Gasteiger partial charge in [-0.25, -0.2) is 9.36 Å². The summed E-state index contributed by atoms with van der Waals surface area (Å²) in [6, 6.07) is 16.6. The van der Waals surface area contributed by atoms with Gasteiger partial charge in [0.2, 0.25) is 5.91 Å². The first kappa shape index (κ1) is 21.6. The zero-order chi connectivity index (χ0) is 24.4. The van der Waals surface area contributed by atoms with E-state index in [0.717, 1.165) is 0 Å². The number of pyridine rings is 2. The first-order chi connectivity index (χ1) is 16.1. The zero-order valence-corrected chi connectivity index (χ0v) is 19.2. The monoisotopic (exact) mass is 454 g/mol. The molecule has 7 nitrogen and oxygen atoms in total. The summed E-state index contributed by atoms with van der Waals surface area (Å²) in [5.41, 5.74) is 0.0210. The molecule has 0 saturated carbocycles. The number of fused-ring (bicyclic) bond motifs is 4. The zero-order valence-electron chi connectivity index (χ0n) is 19.2. The number of hydrogen-bond acceptors (Lipinski definition) is 5. The summed E-state index contributed by atoms with van der Waals surface area (Å²) >= 11 is 0. The smallest absolute Gasteiger partial charge is 0.419 e. The van der Waals surface area contributed by atoms with E-state index in [9.17, 15) is 19.2 Å². The van der Waals surface area contributed by atoms with Crippen molar-refractivity contribution in [2.24, 2.45) is 0 Å². The number of rotatable bonds is 0. The minimum absolute atomic E-state index is 0.210. The van der Waals surface area contributed by atoms with Crippen LogP contribution in [0.5, 0.6) is 0 Å². The van der Waals surface area contributed by atoms with Gasteiger partial charge in [0.25, 0.3) is 0 Å². The van der Waals surface area contributed by atoms with E-state index in [1.807, 2.05) is 0 Å². The van der Waals surface area contributed by atoms with E-state index in [1.165, 1.54) is 28.2 Å². The fraction of sp³-hybridized carbons (Fsp3) is 0.185. The summed E-state index contributed by atoms with van der Waals surface area (Å²) < 4.78 is 8.39. The summed E-state index contributed by atoms with van der Waals surface area (Å²) in [7, 11) is 0. The standard InChI is InChI=1S/C27H22N2O5/c1-15(30)28-20-11-7-5-9-16(20)24(31)18-14-23-19(13-22(18)28)25(32)17-10-6-8-12-21(17)29(23)26(33)34-27(2,3)4/h5-14H,1-4H3. The predicted molar refractivity (Wildman–Crippen MR) is 133 cm³/mol. The molecule has 0 atom stereocenters. The van der Waals surface area contributed by atoms with Crippen LogP contribution in [0.4, 0.5) is 4.79 Å². The van der Waals surface area contributed by atoms with Crippen LogP contribution in [0, 0.1) is 0 Å². The summed E-state index contributed by atoms with van der Waals surface area (Å²) in [6.07, 6.45) is -0.666. The van der Waals surface area contributed by atoms with Crippen molar-refractivity contribution in [3.63, 3.8) is 0 Å². The number of carbonyl (C=O) groups is 2. The van der Waals surface area contributed by atoms with Crippen LogP contribution in [0.25, 0.3) is 43.6 Å². The van der Waals surface area contributed by atoms with Crippen molar-refractivity contribution in [1.82, 2.24) is 9.13 Å². The fourth-order valence-electron chi connectivity index (χ4n) is 4.43. The summed E-state index contributed by atoms with van der Waals surface area (Å²) in [6.45, 7) is 6.67. The molecule has 0 bridgehead atoms. The highest BCUT2D eigenvalue weighted by atomic mass is 16.6. The second-order valence-corrected chi connectivity index (χ2v) is 9.25. The van der Waals surface area contributed by atoms with E-state index >= 15 is 0 Å². The molecule has 0 radical (unpaired) electrons. The lowest BCUT2D eigenvalue weighted by Gasteiger charge is -2.22. The van der Waals surface area contributed by atoms with Gasteiger partial charge >= 0.3 is 6.09 Å². The molecule has 170 valence electrons. The lowest BCUT2D eigenvalue weighted by atomic mass is 10.0. The van der Waals surface area contributed by atoms with Crippen molar-refractivity contribution < 1.29 is 14.3 Å². The summed E-state index contributed by atoms with van der Waals surface area (Å²) in [4.78, 5) is 52.9. The van der Waals surface area contributed by atoms with E-state index in [1.54, 1.807) is 69.3 Å². The first-order valence-electron chi connectivity index (χ1n) is 10.9. The van der Waals surface area contributed by atoms with Crippen LogP contribution in [0.3, 0.4) is 0 Å². The minimum Gasteiger partial charge on any atom is -0.443 e. The lowest BCUT2D eigenvalue weighted by Crippen LogP contribution is -2.29. The predicted octanol–water partition coefficient (Wildman–Crippen LogP) is 5.07. The largest absolute Gasteiger partial charge is 0.443 e. The molecule has 0 spiro atoms. The Hall–Kier alpha value is -4.26. The van der Waals surface area contributed by atoms with Crippen LogP contribution >= 0.6 is 0 Å². The van der Waals surface area contributed by atoms with Gasteiger partial charge in [-0.2, -0.15) is 0 Å². The van der Waals surface area contributed by atoms with E-state index in [0.29, 0.717) is 27.3 Å². The van der Waals surface area contributed by atoms with Crippen molar-refractivity contribution in [1.29, 1.82) is 0 Å². The van der Waals surface area contributed by atoms with Crippen LogP contribution in [0.15, 0.2) is 70.3 Å². The number of para-hydroxylation sites is 2. The van der Waals surface area contributed by atoms with E-state index in [2.05, 4.69) is 0 Å². The number of nitrogens with zero attached hydrogens (tertiary/aromatic N) is 2. The van der Waals surface area contributed by atoms with Gasteiger partial charge in [-0.05, 0) is 57.2 Å². The van der Waals surface area contributed by atoms with Gasteiger partial charge in [-0.3, -0.25) is 19.0 Å². The van der Waals surface area contributed by atoms with Crippen molar-refractivity contribution >= 4 is 55.6 Å². The molecule has 34 heavy (non-hydrogen) atoms. The third-order valence-corrected chi connectivity index (χ3v) is 5.76. The maximum absolute atomic E-state index is 13.5. The Bertz CT molecular complexity index is 1800. The number of benzene rings is 3. The molecule has 5 rings (SSSR count). The van der Waals surface area contributed by atoms with E-state index in [-0.39, 0.29) is 33.1 Å². The second-order valence-electron chi connectivity index (χ2n) is 9.25. The second kappa shape index (κ2) is 7.38. The Balaban J connectivity index is 2.05. The Labute approximate surface area is 193 Å². The Kier molecular flexibility index (Phi) is 4.68. The van der Waals surface area contributed by atoms with Gasteiger partial charge in [0.1, 0.15) is 5.60 Å². The van der Waals surface area contributed by atoms with Crippen LogP contribution in [0.1, 0.15) is 32.5 Å². The molecule has 0 N–H and O–H groups in total. The van der Waals surface area contributed by atoms with Crippen molar-refractivity contribution in [2.75, 3.05) is 0 Å². The fourth-order valence-corrected chi connectivity index (χ4v) is 4.43. The third kappa shape index (κ3) is 3.20. The quantitative estimate of drug-likeness (QED) is 0.305. The number of hydrogen-bond donors (Lipinski definition) is 0. The highest BCUT2D eigenvalue weighted by Gasteiger charge is 2.23. The van der Waals surface area contributed by atoms with Gasteiger partial charge in [0, 0.05) is 28.5 Å². The third-order valence-electron chi connectivity index (χ3n) is 5.76. The van der Waals surface area contributed by atoms with Crippen molar-refractivity contribution in [3.8, 4) is 0 Å². The normalized spacial score (nSPS) is 12.0. The molecule has 0 aliphatic rings. The van der Waals surface area contributed by atoms with Gasteiger partial charge in [-0.1, -0.05) is 24.3 Å². The molecule has 0 aliphatic heterocycles. The Morgan fingerprint density at radius 3 is 1.59 bits per heavy atom. The maximum atomic E-state index is 13.5. The van der Waals surface area contributed by atoms with Gasteiger partial charge in [-0.15, -0.1) is 0 Å². The highest BCUT2D eigenvalue weighted by molar-refractivity contribution is 6.09. The number of ether oxygens (including phenoxy) is 1. The molecule has 0 fully saturated rings. The van der Waals surface area contributed by atoms with Crippen LogP contribution in [-0.2, 0) is 4.74 Å². The Morgan fingerprint density at radius 2 is 1.12 bits per heavy atom. The molecule has 2 aromatic heterocycles. The topological polar surface area (TPSA) is 87.4 Å². The van der Waals surface area contributed by atoms with Crippen LogP contribution < -0.4 is 10.9 Å². The molecule has 2 heterocycles. The van der Waals surface area contributed by atoms with E-state index in [4.69, 9.17) is 4.74 Å². The number of carbonyl (C=O) groups excluding carboxylic acids is 2. The molecular weight excluding hydrogens is 432 g/mol. The maximum Gasteiger partial charge on any atom is 0.419 e. The lowest BCUT2D eigenvalue weighted by molar-refractivity contribution is 0.0550. The molecule has 5 aromatic rings. The number of aromatic nitrogens is 2. The van der Waals surface area contributed by atoms with Gasteiger partial charge < -0.3 is 4.74 Å². The van der Waals surface area contributed by atoms with Crippen molar-refractivity contribution in [3.05, 3.63) is 81.1 Å². The molecule has 7 heteroatoms. The van der Waals surface area contributed by atoms with Crippen molar-refractivity contribution in [2.45, 2.75) is 33.3 Å². The van der Waals surface area contributed by atoms with Crippen LogP contribution in [0.2, 0.25) is 0 Å². The Morgan fingerprint density at radius 1 is 0.676 bits per heavy atom. The minimum atomic E-state index is -0.776. The molecule has 0 unspecified atom stereocenters. The average Bonchev–Trinajstić information content (AvgIpc) is 2.77.